The number of hydrogen-bond acceptors (Lipinski definition) is 3. The van der Waals surface area contributed by atoms with Crippen molar-refractivity contribution in [2.24, 2.45) is 10.8 Å². The number of fused-ring (bicyclic) bond motifs is 3. The highest BCUT2D eigenvalue weighted by molar-refractivity contribution is 6.00. The van der Waals surface area contributed by atoms with Crippen molar-refractivity contribution in [2.75, 3.05) is 6.54 Å². The van der Waals surface area contributed by atoms with Gasteiger partial charge in [0.15, 0.2) is 5.43 Å². The molecular formula is C22H28N2O3. The SMILES string of the molecule is Cc1[nH]c2c(C(=O)[O-])cccc2c(=O)c1C[NH+]1C[C@@]2(C)C[C@@H]1CC(C)(C)C2. The fourth-order valence-corrected chi connectivity index (χ4v) is 6.04. The van der Waals surface area contributed by atoms with E-state index in [9.17, 15) is 14.7 Å². The van der Waals surface area contributed by atoms with Crippen LogP contribution in [0.5, 0.6) is 0 Å². The summed E-state index contributed by atoms with van der Waals surface area (Å²) in [4.78, 5) is 29.2. The van der Waals surface area contributed by atoms with E-state index in [1.807, 2.05) is 6.92 Å². The molecule has 2 bridgehead atoms. The number of pyridine rings is 1. The highest BCUT2D eigenvalue weighted by Crippen LogP contribution is 2.47. The molecule has 144 valence electrons. The van der Waals surface area contributed by atoms with Gasteiger partial charge in [0.25, 0.3) is 0 Å². The molecule has 1 aliphatic carbocycles. The molecule has 0 spiro atoms. The number of aromatic carboxylic acids is 1. The number of aryl methyl sites for hydroxylation is 1. The second-order valence-corrected chi connectivity index (χ2v) is 9.84. The number of carboxylic acids is 1. The zero-order valence-corrected chi connectivity index (χ0v) is 16.6. The van der Waals surface area contributed by atoms with Crippen LogP contribution in [-0.2, 0) is 6.54 Å². The summed E-state index contributed by atoms with van der Waals surface area (Å²) in [6.07, 6.45) is 3.66. The highest BCUT2D eigenvalue weighted by Gasteiger charge is 2.52. The standard InChI is InChI=1S/C22H28N2O3/c1-13-17(10-24-12-22(4)9-14(24)8-21(2,3)11-22)19(25)15-6-5-7-16(20(26)27)18(15)23-13/h5-7,14H,8-12H2,1-4H3,(H,23,25)(H,26,27)/t14-,22-/m0/s1. The van der Waals surface area contributed by atoms with Gasteiger partial charge in [-0.2, -0.15) is 0 Å². The van der Waals surface area contributed by atoms with Crippen molar-refractivity contribution in [2.45, 2.75) is 59.5 Å². The van der Waals surface area contributed by atoms with Gasteiger partial charge in [-0.05, 0) is 24.8 Å². The predicted octanol–water partition coefficient (Wildman–Crippen LogP) is 1.18. The maximum atomic E-state index is 13.2. The van der Waals surface area contributed by atoms with Gasteiger partial charge in [0.2, 0.25) is 0 Å². The number of H-pyrrole nitrogens is 1. The molecule has 1 aromatic heterocycles. The molecule has 4 rings (SSSR count). The molecule has 2 N–H and O–H groups in total. The van der Waals surface area contributed by atoms with Crippen LogP contribution in [0, 0.1) is 17.8 Å². The van der Waals surface area contributed by atoms with Crippen LogP contribution in [0.3, 0.4) is 0 Å². The second-order valence-electron chi connectivity index (χ2n) is 9.84. The van der Waals surface area contributed by atoms with Gasteiger partial charge in [-0.25, -0.2) is 0 Å². The van der Waals surface area contributed by atoms with E-state index in [0.29, 0.717) is 34.3 Å². The summed E-state index contributed by atoms with van der Waals surface area (Å²) >= 11 is 0. The maximum absolute atomic E-state index is 13.2. The molecule has 1 aromatic carbocycles. The molecular weight excluding hydrogens is 340 g/mol. The van der Waals surface area contributed by atoms with E-state index in [-0.39, 0.29) is 11.0 Å². The molecule has 0 amide bonds. The van der Waals surface area contributed by atoms with Gasteiger partial charge < -0.3 is 19.8 Å². The van der Waals surface area contributed by atoms with Crippen LogP contribution in [0.1, 0.15) is 61.6 Å². The second kappa shape index (κ2) is 5.93. The minimum Gasteiger partial charge on any atom is -0.545 e. The van der Waals surface area contributed by atoms with Crippen molar-refractivity contribution >= 4 is 16.9 Å². The number of carboxylic acid groups (broad SMARTS) is 1. The lowest BCUT2D eigenvalue weighted by atomic mass is 9.65. The summed E-state index contributed by atoms with van der Waals surface area (Å²) in [5.74, 6) is -1.27. The van der Waals surface area contributed by atoms with Crippen molar-refractivity contribution < 1.29 is 14.8 Å². The van der Waals surface area contributed by atoms with Crippen molar-refractivity contribution in [1.29, 1.82) is 0 Å². The Labute approximate surface area is 159 Å². The van der Waals surface area contributed by atoms with Crippen molar-refractivity contribution in [3.8, 4) is 0 Å². The van der Waals surface area contributed by atoms with Crippen molar-refractivity contribution in [1.82, 2.24) is 4.98 Å². The van der Waals surface area contributed by atoms with E-state index in [2.05, 4.69) is 25.8 Å². The first kappa shape index (κ1) is 18.2. The van der Waals surface area contributed by atoms with E-state index < -0.39 is 5.97 Å². The quantitative estimate of drug-likeness (QED) is 0.854. The number of benzene rings is 1. The summed E-state index contributed by atoms with van der Waals surface area (Å²) in [6, 6.07) is 5.37. The Morgan fingerprint density at radius 3 is 2.74 bits per heavy atom. The number of aromatic amines is 1. The molecule has 2 aliphatic rings. The number of rotatable bonds is 3. The molecule has 2 aromatic rings. The average molecular weight is 368 g/mol. The number of carbonyl (C=O) groups is 1. The zero-order chi connectivity index (χ0) is 19.6. The minimum atomic E-state index is -1.27. The topological polar surface area (TPSA) is 77.4 Å². The molecule has 1 aliphatic heterocycles. The van der Waals surface area contributed by atoms with Crippen LogP contribution in [0.4, 0.5) is 0 Å². The predicted molar refractivity (Wildman–Crippen MR) is 103 cm³/mol. The first-order chi connectivity index (χ1) is 12.6. The summed E-state index contributed by atoms with van der Waals surface area (Å²) in [5, 5.41) is 11.8. The lowest BCUT2D eigenvalue weighted by Gasteiger charge is -2.37. The number of carbonyl (C=O) groups excluding carboxylic acids is 1. The Morgan fingerprint density at radius 2 is 2.04 bits per heavy atom. The third-order valence-corrected chi connectivity index (χ3v) is 6.65. The number of quaternary nitrogens is 1. The van der Waals surface area contributed by atoms with Gasteiger partial charge in [-0.3, -0.25) is 4.79 Å². The van der Waals surface area contributed by atoms with Gasteiger partial charge in [0, 0.05) is 34.9 Å². The van der Waals surface area contributed by atoms with E-state index >= 15 is 0 Å². The lowest BCUT2D eigenvalue weighted by molar-refractivity contribution is -0.928. The summed E-state index contributed by atoms with van der Waals surface area (Å²) in [6.45, 7) is 10.8. The number of hydrogen-bond donors (Lipinski definition) is 2. The average Bonchev–Trinajstić information content (AvgIpc) is 2.79. The Hall–Kier alpha value is -2.14. The number of nitrogens with one attached hydrogen (secondary N) is 2. The van der Waals surface area contributed by atoms with Gasteiger partial charge in [0.05, 0.1) is 29.6 Å². The van der Waals surface area contributed by atoms with Crippen LogP contribution in [0.15, 0.2) is 23.0 Å². The number of aromatic nitrogens is 1. The Kier molecular flexibility index (Phi) is 4.00. The number of likely N-dealkylation sites (tertiary alicyclic amines) is 1. The van der Waals surface area contributed by atoms with Gasteiger partial charge >= 0.3 is 0 Å². The van der Waals surface area contributed by atoms with Crippen LogP contribution >= 0.6 is 0 Å². The van der Waals surface area contributed by atoms with Crippen LogP contribution in [-0.4, -0.2) is 23.5 Å². The van der Waals surface area contributed by atoms with Crippen LogP contribution in [0.25, 0.3) is 10.9 Å². The van der Waals surface area contributed by atoms with E-state index in [1.54, 1.807) is 12.1 Å². The lowest BCUT2D eigenvalue weighted by Crippen LogP contribution is -3.12. The summed E-state index contributed by atoms with van der Waals surface area (Å²) < 4.78 is 0. The molecule has 2 fully saturated rings. The van der Waals surface area contributed by atoms with Gasteiger partial charge in [-0.1, -0.05) is 32.9 Å². The molecule has 2 heterocycles. The van der Waals surface area contributed by atoms with E-state index in [0.717, 1.165) is 17.8 Å². The van der Waals surface area contributed by atoms with Crippen molar-refractivity contribution in [3.63, 3.8) is 0 Å². The third-order valence-electron chi connectivity index (χ3n) is 6.65. The molecule has 1 unspecified atom stereocenters. The molecule has 5 heteroatoms. The fraction of sp³-hybridized carbons (Fsp3) is 0.545. The van der Waals surface area contributed by atoms with E-state index in [1.165, 1.54) is 30.2 Å². The molecule has 3 atom stereocenters. The Bertz CT molecular complexity index is 991. The minimum absolute atomic E-state index is 0.0397. The smallest absolute Gasteiger partial charge is 0.198 e. The molecule has 5 nitrogen and oxygen atoms in total. The molecule has 1 saturated heterocycles. The highest BCUT2D eigenvalue weighted by atomic mass is 16.4. The Morgan fingerprint density at radius 1 is 1.30 bits per heavy atom. The largest absolute Gasteiger partial charge is 0.545 e. The summed E-state index contributed by atoms with van der Waals surface area (Å²) in [5.41, 5.74) is 2.60. The normalized spacial score (nSPS) is 29.2. The first-order valence-corrected chi connectivity index (χ1v) is 9.79. The van der Waals surface area contributed by atoms with Gasteiger partial charge in [-0.15, -0.1) is 0 Å². The molecule has 1 saturated carbocycles. The van der Waals surface area contributed by atoms with Crippen LogP contribution < -0.4 is 15.4 Å². The fourth-order valence-electron chi connectivity index (χ4n) is 6.04. The molecule has 27 heavy (non-hydrogen) atoms. The van der Waals surface area contributed by atoms with Crippen molar-refractivity contribution in [3.05, 3.63) is 45.2 Å². The van der Waals surface area contributed by atoms with Crippen LogP contribution in [0.2, 0.25) is 0 Å². The Balaban J connectivity index is 1.74. The monoisotopic (exact) mass is 368 g/mol. The van der Waals surface area contributed by atoms with E-state index in [4.69, 9.17) is 0 Å². The first-order valence-electron chi connectivity index (χ1n) is 9.79. The zero-order valence-electron chi connectivity index (χ0n) is 16.6. The number of para-hydroxylation sites is 1. The third kappa shape index (κ3) is 3.08. The molecule has 0 radical (unpaired) electrons. The summed E-state index contributed by atoms with van der Waals surface area (Å²) in [7, 11) is 0. The van der Waals surface area contributed by atoms with Gasteiger partial charge in [0.1, 0.15) is 6.54 Å². The maximum Gasteiger partial charge on any atom is 0.198 e.